The van der Waals surface area contributed by atoms with Crippen LogP contribution in [0.15, 0.2) is 48.5 Å². The van der Waals surface area contributed by atoms with Gasteiger partial charge in [0.25, 0.3) is 0 Å². The summed E-state index contributed by atoms with van der Waals surface area (Å²) in [6.45, 7) is 7.40. The van der Waals surface area contributed by atoms with Crippen LogP contribution in [0.3, 0.4) is 0 Å². The van der Waals surface area contributed by atoms with Crippen LogP contribution < -0.4 is 5.32 Å². The van der Waals surface area contributed by atoms with Crippen LogP contribution in [0.5, 0.6) is 0 Å². The highest BCUT2D eigenvalue weighted by atomic mass is 16.2. The van der Waals surface area contributed by atoms with Crippen molar-refractivity contribution in [1.82, 2.24) is 15.1 Å². The van der Waals surface area contributed by atoms with E-state index in [1.54, 1.807) is 0 Å². The zero-order valence-corrected chi connectivity index (χ0v) is 18.6. The van der Waals surface area contributed by atoms with Crippen LogP contribution in [0.1, 0.15) is 48.1 Å². The lowest BCUT2D eigenvalue weighted by Crippen LogP contribution is -2.50. The van der Waals surface area contributed by atoms with E-state index in [0.29, 0.717) is 12.5 Å². The number of amides is 2. The van der Waals surface area contributed by atoms with E-state index in [0.717, 1.165) is 50.0 Å². The zero-order valence-electron chi connectivity index (χ0n) is 18.6. The van der Waals surface area contributed by atoms with Gasteiger partial charge in [-0.2, -0.15) is 0 Å². The Morgan fingerprint density at radius 2 is 1.71 bits per heavy atom. The second-order valence-corrected chi connectivity index (χ2v) is 9.03. The SMILES string of the molecule is Cc1ccccc1CNC(=O)CN1CCc2ccccc2[C@@H]1C(=O)N1CCC(C)CC1. The van der Waals surface area contributed by atoms with E-state index in [2.05, 4.69) is 42.3 Å². The molecule has 1 saturated heterocycles. The average Bonchev–Trinajstić information content (AvgIpc) is 2.78. The van der Waals surface area contributed by atoms with E-state index in [1.165, 1.54) is 11.1 Å². The molecule has 1 atom stereocenters. The predicted octanol–water partition coefficient (Wildman–Crippen LogP) is 3.47. The van der Waals surface area contributed by atoms with Crippen molar-refractivity contribution in [1.29, 1.82) is 0 Å². The molecule has 0 aromatic heterocycles. The van der Waals surface area contributed by atoms with Crippen LogP contribution in [0.2, 0.25) is 0 Å². The number of rotatable bonds is 5. The Kier molecular flexibility index (Phi) is 6.71. The Balaban J connectivity index is 1.48. The lowest BCUT2D eigenvalue weighted by atomic mass is 9.90. The molecule has 2 aliphatic rings. The highest BCUT2D eigenvalue weighted by Crippen LogP contribution is 2.32. The number of nitrogens with one attached hydrogen (secondary N) is 1. The smallest absolute Gasteiger partial charge is 0.244 e. The van der Waals surface area contributed by atoms with Crippen LogP contribution in [-0.2, 0) is 22.6 Å². The first kappa shape index (κ1) is 21.6. The number of nitrogens with zero attached hydrogens (tertiary/aromatic N) is 2. The van der Waals surface area contributed by atoms with Gasteiger partial charge >= 0.3 is 0 Å². The summed E-state index contributed by atoms with van der Waals surface area (Å²) in [6.07, 6.45) is 2.97. The molecule has 2 aromatic rings. The third-order valence-corrected chi connectivity index (χ3v) is 6.80. The van der Waals surface area contributed by atoms with Gasteiger partial charge in [-0.05, 0) is 54.4 Å². The van der Waals surface area contributed by atoms with Crippen molar-refractivity contribution < 1.29 is 9.59 Å². The Morgan fingerprint density at radius 1 is 1.00 bits per heavy atom. The van der Waals surface area contributed by atoms with E-state index < -0.39 is 0 Å². The molecule has 2 aliphatic heterocycles. The Hall–Kier alpha value is -2.66. The number of aryl methyl sites for hydroxylation is 1. The standard InChI is InChI=1S/C26H33N3O2/c1-19-11-14-28(15-12-19)26(31)25-23-10-6-5-8-21(23)13-16-29(25)18-24(30)27-17-22-9-4-3-7-20(22)2/h3-10,19,25H,11-18H2,1-2H3,(H,27,30)/t25-/m1/s1. The van der Waals surface area contributed by atoms with Crippen molar-refractivity contribution in [2.24, 2.45) is 5.92 Å². The van der Waals surface area contributed by atoms with Crippen LogP contribution in [0.25, 0.3) is 0 Å². The molecule has 2 heterocycles. The number of hydrogen-bond donors (Lipinski definition) is 1. The van der Waals surface area contributed by atoms with Gasteiger partial charge in [0.15, 0.2) is 0 Å². The second-order valence-electron chi connectivity index (χ2n) is 9.03. The van der Waals surface area contributed by atoms with Gasteiger partial charge in [-0.15, -0.1) is 0 Å². The average molecular weight is 420 g/mol. The molecule has 0 saturated carbocycles. The summed E-state index contributed by atoms with van der Waals surface area (Å²) >= 11 is 0. The largest absolute Gasteiger partial charge is 0.351 e. The van der Waals surface area contributed by atoms with Gasteiger partial charge in [-0.1, -0.05) is 55.5 Å². The Bertz CT molecular complexity index is 934. The molecule has 0 unspecified atom stereocenters. The van der Waals surface area contributed by atoms with Gasteiger partial charge in [-0.25, -0.2) is 0 Å². The summed E-state index contributed by atoms with van der Waals surface area (Å²) in [6, 6.07) is 15.9. The van der Waals surface area contributed by atoms with Gasteiger partial charge in [0.1, 0.15) is 6.04 Å². The number of carbonyl (C=O) groups is 2. The fourth-order valence-electron chi connectivity index (χ4n) is 4.72. The molecule has 31 heavy (non-hydrogen) atoms. The van der Waals surface area contributed by atoms with Gasteiger partial charge in [0.2, 0.25) is 11.8 Å². The van der Waals surface area contributed by atoms with Crippen LogP contribution >= 0.6 is 0 Å². The maximum atomic E-state index is 13.6. The lowest BCUT2D eigenvalue weighted by Gasteiger charge is -2.40. The Morgan fingerprint density at radius 3 is 2.48 bits per heavy atom. The minimum absolute atomic E-state index is 0.0345. The highest BCUT2D eigenvalue weighted by molar-refractivity contribution is 5.85. The van der Waals surface area contributed by atoms with E-state index in [4.69, 9.17) is 0 Å². The molecule has 164 valence electrons. The predicted molar refractivity (Wildman–Crippen MR) is 122 cm³/mol. The summed E-state index contributed by atoms with van der Waals surface area (Å²) in [7, 11) is 0. The summed E-state index contributed by atoms with van der Waals surface area (Å²) < 4.78 is 0. The molecular weight excluding hydrogens is 386 g/mol. The topological polar surface area (TPSA) is 52.7 Å². The van der Waals surface area contributed by atoms with Crippen molar-refractivity contribution >= 4 is 11.8 Å². The lowest BCUT2D eigenvalue weighted by molar-refractivity contribution is -0.140. The number of carbonyl (C=O) groups excluding carboxylic acids is 2. The maximum absolute atomic E-state index is 13.6. The number of piperidine rings is 1. The quantitative estimate of drug-likeness (QED) is 0.807. The first-order valence-corrected chi connectivity index (χ1v) is 11.4. The fraction of sp³-hybridized carbons (Fsp3) is 0.462. The summed E-state index contributed by atoms with van der Waals surface area (Å²) in [5.41, 5.74) is 4.57. The van der Waals surface area contributed by atoms with Crippen LogP contribution in [0.4, 0.5) is 0 Å². The van der Waals surface area contributed by atoms with E-state index in [-0.39, 0.29) is 24.4 Å². The second kappa shape index (κ2) is 9.65. The molecule has 4 rings (SSSR count). The summed E-state index contributed by atoms with van der Waals surface area (Å²) in [5, 5.41) is 3.05. The molecular formula is C26H33N3O2. The molecule has 2 aromatic carbocycles. The number of benzene rings is 2. The molecule has 1 N–H and O–H groups in total. The minimum Gasteiger partial charge on any atom is -0.351 e. The molecule has 5 heteroatoms. The van der Waals surface area contributed by atoms with Gasteiger partial charge in [0.05, 0.1) is 6.54 Å². The van der Waals surface area contributed by atoms with E-state index >= 15 is 0 Å². The molecule has 1 fully saturated rings. The van der Waals surface area contributed by atoms with Crippen molar-refractivity contribution in [3.05, 3.63) is 70.8 Å². The van der Waals surface area contributed by atoms with Gasteiger partial charge in [-0.3, -0.25) is 14.5 Å². The molecule has 0 bridgehead atoms. The Labute approximate surface area is 185 Å². The van der Waals surface area contributed by atoms with Gasteiger partial charge < -0.3 is 10.2 Å². The summed E-state index contributed by atoms with van der Waals surface area (Å²) in [5.74, 6) is 0.782. The number of hydrogen-bond acceptors (Lipinski definition) is 3. The van der Waals surface area contributed by atoms with Crippen LogP contribution in [0, 0.1) is 12.8 Å². The van der Waals surface area contributed by atoms with Crippen molar-refractivity contribution in [2.45, 2.75) is 45.7 Å². The van der Waals surface area contributed by atoms with Crippen molar-refractivity contribution in [2.75, 3.05) is 26.2 Å². The maximum Gasteiger partial charge on any atom is 0.244 e. The fourth-order valence-corrected chi connectivity index (χ4v) is 4.72. The monoisotopic (exact) mass is 419 g/mol. The molecule has 0 radical (unpaired) electrons. The summed E-state index contributed by atoms with van der Waals surface area (Å²) in [4.78, 5) is 30.5. The van der Waals surface area contributed by atoms with Crippen molar-refractivity contribution in [3.63, 3.8) is 0 Å². The number of likely N-dealkylation sites (tertiary alicyclic amines) is 1. The zero-order chi connectivity index (χ0) is 21.8. The highest BCUT2D eigenvalue weighted by Gasteiger charge is 2.37. The number of fused-ring (bicyclic) bond motifs is 1. The minimum atomic E-state index is -0.373. The third kappa shape index (κ3) is 4.99. The van der Waals surface area contributed by atoms with Crippen LogP contribution in [-0.4, -0.2) is 47.8 Å². The van der Waals surface area contributed by atoms with E-state index in [1.807, 2.05) is 35.2 Å². The first-order chi connectivity index (χ1) is 15.0. The first-order valence-electron chi connectivity index (χ1n) is 11.4. The normalized spacial score (nSPS) is 19.7. The molecule has 5 nitrogen and oxygen atoms in total. The molecule has 2 amide bonds. The molecule has 0 aliphatic carbocycles. The van der Waals surface area contributed by atoms with Crippen molar-refractivity contribution in [3.8, 4) is 0 Å². The molecule has 0 spiro atoms. The van der Waals surface area contributed by atoms with Gasteiger partial charge in [0, 0.05) is 26.2 Å². The third-order valence-electron chi connectivity index (χ3n) is 6.80. The van der Waals surface area contributed by atoms with E-state index in [9.17, 15) is 9.59 Å².